The van der Waals surface area contributed by atoms with Gasteiger partial charge in [0.2, 0.25) is 0 Å². The molecule has 8 heteroatoms. The molecule has 98 valence electrons. The number of hydrogen-bond donors (Lipinski definition) is 3. The molecule has 0 aliphatic heterocycles. The van der Waals surface area contributed by atoms with Gasteiger partial charge in [0.25, 0.3) is 0 Å². The average molecular weight is 256 g/mol. The zero-order valence-corrected chi connectivity index (χ0v) is 9.68. The van der Waals surface area contributed by atoms with Crippen LogP contribution in [0.4, 0.5) is 14.9 Å². The summed E-state index contributed by atoms with van der Waals surface area (Å²) < 4.78 is 18.2. The number of nitrogens with zero attached hydrogens (tertiary/aromatic N) is 2. The Morgan fingerprint density at radius 3 is 2.94 bits per heavy atom. The van der Waals surface area contributed by atoms with Crippen molar-refractivity contribution >= 4 is 11.7 Å². The fraction of sp³-hybridized carbons (Fsp3) is 0.300. The highest BCUT2D eigenvalue weighted by Gasteiger charge is 2.19. The minimum atomic E-state index is -0.662. The molecular weight excluding hydrogens is 243 g/mol. The summed E-state index contributed by atoms with van der Waals surface area (Å²) in [6.45, 7) is -0.315. The number of hydrogen-bond acceptors (Lipinski definition) is 5. The molecule has 0 unspecified atom stereocenters. The molecule has 1 aromatic carbocycles. The van der Waals surface area contributed by atoms with Crippen LogP contribution in [0, 0.1) is 11.3 Å². The second kappa shape index (κ2) is 6.50. The van der Waals surface area contributed by atoms with Gasteiger partial charge in [-0.1, -0.05) is 5.22 Å². The smallest absolute Gasteiger partial charge is 0.343 e. The molecule has 18 heavy (non-hydrogen) atoms. The fourth-order valence-corrected chi connectivity index (χ4v) is 1.25. The first-order valence-corrected chi connectivity index (χ1v) is 5.06. The number of aliphatic hydroxyl groups is 1. The number of carbonyl (C=O) groups excluding carboxylic acids is 1. The van der Waals surface area contributed by atoms with E-state index in [9.17, 15) is 9.18 Å². The molecule has 0 heterocycles. The second-order valence-corrected chi connectivity index (χ2v) is 3.15. The normalized spacial score (nSPS) is 9.72. The highest BCUT2D eigenvalue weighted by Crippen LogP contribution is 2.29. The van der Waals surface area contributed by atoms with Crippen molar-refractivity contribution in [3.8, 4) is 5.75 Å². The fourth-order valence-electron chi connectivity index (χ4n) is 1.25. The van der Waals surface area contributed by atoms with Crippen LogP contribution in [-0.4, -0.2) is 31.4 Å². The van der Waals surface area contributed by atoms with E-state index in [1.807, 2.05) is 0 Å². The summed E-state index contributed by atoms with van der Waals surface area (Å²) in [7, 11) is 1.37. The Morgan fingerprint density at radius 2 is 2.39 bits per heavy atom. The van der Waals surface area contributed by atoms with Crippen LogP contribution in [0.5, 0.6) is 5.75 Å². The van der Waals surface area contributed by atoms with Gasteiger partial charge in [0, 0.05) is 13.1 Å². The molecule has 0 fully saturated rings. The largest absolute Gasteiger partial charge is 0.489 e. The lowest BCUT2D eigenvalue weighted by molar-refractivity contribution is 0.201. The number of nitrogens with one attached hydrogen (secondary N) is 2. The van der Waals surface area contributed by atoms with Gasteiger partial charge in [-0.05, 0) is 12.1 Å². The number of aliphatic hydroxyl groups excluding tert-OH is 1. The molecule has 0 bridgehead atoms. The van der Waals surface area contributed by atoms with Gasteiger partial charge in [0.15, 0.2) is 0 Å². The summed E-state index contributed by atoms with van der Waals surface area (Å²) in [5.41, 5.74) is 7.06. The van der Waals surface area contributed by atoms with Gasteiger partial charge < -0.3 is 15.2 Å². The van der Waals surface area contributed by atoms with Gasteiger partial charge in [-0.3, -0.25) is 0 Å². The van der Waals surface area contributed by atoms with E-state index in [0.29, 0.717) is 5.01 Å². The quantitative estimate of drug-likeness (QED) is 0.546. The van der Waals surface area contributed by atoms with Crippen molar-refractivity contribution < 1.29 is 19.0 Å². The molecule has 0 saturated heterocycles. The first kappa shape index (κ1) is 13.8. The minimum absolute atomic E-state index is 0.0173. The first-order chi connectivity index (χ1) is 8.63. The third-order valence-corrected chi connectivity index (χ3v) is 2.01. The van der Waals surface area contributed by atoms with Crippen molar-refractivity contribution in [2.24, 2.45) is 5.22 Å². The Balaban J connectivity index is 3.11. The summed E-state index contributed by atoms with van der Waals surface area (Å²) in [5.74, 6) is -0.544. The van der Waals surface area contributed by atoms with Gasteiger partial charge in [0.1, 0.15) is 23.9 Å². The number of amides is 2. The number of anilines is 1. The van der Waals surface area contributed by atoms with E-state index in [2.05, 4.69) is 10.5 Å². The number of ether oxygens (including phenoxy) is 1. The number of carbonyl (C=O) groups is 1. The molecule has 3 N–H and O–H groups in total. The van der Waals surface area contributed by atoms with Gasteiger partial charge in [-0.15, -0.1) is 0 Å². The van der Waals surface area contributed by atoms with E-state index in [4.69, 9.17) is 15.4 Å². The summed E-state index contributed by atoms with van der Waals surface area (Å²) in [4.78, 5) is 11.5. The van der Waals surface area contributed by atoms with Crippen LogP contribution in [0.3, 0.4) is 0 Å². The average Bonchev–Trinajstić information content (AvgIpc) is 2.38. The molecule has 1 aromatic rings. The zero-order valence-electron chi connectivity index (χ0n) is 9.68. The zero-order chi connectivity index (χ0) is 13.5. The lowest BCUT2D eigenvalue weighted by Crippen LogP contribution is -2.34. The maximum absolute atomic E-state index is 13.1. The Morgan fingerprint density at radius 1 is 1.67 bits per heavy atom. The standard InChI is InChI=1S/C10H13FN4O3/c1-13-10(17)15(14-12)8-3-2-7(11)6-9(8)18-5-4-16/h2-3,6,12,16H,4-5H2,1H3,(H,13,17). The van der Waals surface area contributed by atoms with Crippen molar-refractivity contribution in [2.45, 2.75) is 0 Å². The summed E-state index contributed by atoms with van der Waals surface area (Å²) >= 11 is 0. The third-order valence-electron chi connectivity index (χ3n) is 2.01. The van der Waals surface area contributed by atoms with E-state index < -0.39 is 11.8 Å². The Kier molecular flexibility index (Phi) is 5.00. The minimum Gasteiger partial charge on any atom is -0.489 e. The lowest BCUT2D eigenvalue weighted by atomic mass is 10.2. The molecular formula is C10H13FN4O3. The molecule has 7 nitrogen and oxygen atoms in total. The first-order valence-electron chi connectivity index (χ1n) is 5.06. The van der Waals surface area contributed by atoms with Gasteiger partial charge in [-0.2, -0.15) is 10.5 Å². The van der Waals surface area contributed by atoms with Crippen LogP contribution in [0.25, 0.3) is 0 Å². The number of urea groups is 1. The van der Waals surface area contributed by atoms with Crippen LogP contribution < -0.4 is 15.1 Å². The molecule has 1 rings (SSSR count). The summed E-state index contributed by atoms with van der Waals surface area (Å²) in [5, 5.41) is 14.7. The molecule has 0 spiro atoms. The van der Waals surface area contributed by atoms with Crippen LogP contribution in [0.1, 0.15) is 0 Å². The molecule has 0 aromatic heterocycles. The second-order valence-electron chi connectivity index (χ2n) is 3.15. The maximum Gasteiger partial charge on any atom is 0.343 e. The highest BCUT2D eigenvalue weighted by molar-refractivity contribution is 5.92. The molecule has 0 radical (unpaired) electrons. The van der Waals surface area contributed by atoms with E-state index in [0.717, 1.165) is 12.1 Å². The topological polar surface area (TPSA) is 98.0 Å². The molecule has 0 saturated carbocycles. The number of rotatable bonds is 5. The Hall–Kier alpha value is -2.22. The van der Waals surface area contributed by atoms with Crippen molar-refractivity contribution in [1.29, 1.82) is 5.53 Å². The Labute approximate surface area is 103 Å². The molecule has 0 atom stereocenters. The predicted octanol–water partition coefficient (Wildman–Crippen LogP) is 1.29. The lowest BCUT2D eigenvalue weighted by Gasteiger charge is -2.18. The maximum atomic E-state index is 13.1. The highest BCUT2D eigenvalue weighted by atomic mass is 19.1. The Bertz CT molecular complexity index is 441. The van der Waals surface area contributed by atoms with Crippen molar-refractivity contribution in [2.75, 3.05) is 25.3 Å². The van der Waals surface area contributed by atoms with Crippen LogP contribution in [-0.2, 0) is 0 Å². The van der Waals surface area contributed by atoms with Crippen molar-refractivity contribution in [1.82, 2.24) is 5.32 Å². The third kappa shape index (κ3) is 3.14. The summed E-state index contributed by atoms with van der Waals surface area (Å²) in [6.07, 6.45) is 0. The number of halogens is 1. The predicted molar refractivity (Wildman–Crippen MR) is 61.1 cm³/mol. The van der Waals surface area contributed by atoms with Gasteiger partial charge in [0.05, 0.1) is 6.61 Å². The number of benzene rings is 1. The SMILES string of the molecule is CNC(=O)N(N=N)c1ccc(F)cc1OCCO. The summed E-state index contributed by atoms with van der Waals surface area (Å²) in [6, 6.07) is 2.76. The van der Waals surface area contributed by atoms with Crippen molar-refractivity contribution in [3.05, 3.63) is 24.0 Å². The van der Waals surface area contributed by atoms with Crippen LogP contribution in [0.2, 0.25) is 0 Å². The van der Waals surface area contributed by atoms with Gasteiger partial charge in [-0.25, -0.2) is 9.18 Å². The molecule has 0 aliphatic carbocycles. The molecule has 2 amide bonds. The van der Waals surface area contributed by atoms with E-state index in [-0.39, 0.29) is 24.7 Å². The van der Waals surface area contributed by atoms with E-state index in [1.54, 1.807) is 0 Å². The van der Waals surface area contributed by atoms with Crippen LogP contribution in [0.15, 0.2) is 23.4 Å². The van der Waals surface area contributed by atoms with Gasteiger partial charge >= 0.3 is 6.03 Å². The monoisotopic (exact) mass is 256 g/mol. The molecule has 0 aliphatic rings. The van der Waals surface area contributed by atoms with Crippen molar-refractivity contribution in [3.63, 3.8) is 0 Å². The van der Waals surface area contributed by atoms with Crippen LogP contribution >= 0.6 is 0 Å². The van der Waals surface area contributed by atoms with E-state index in [1.165, 1.54) is 13.1 Å². The van der Waals surface area contributed by atoms with E-state index >= 15 is 0 Å².